The summed E-state index contributed by atoms with van der Waals surface area (Å²) in [7, 11) is 0. The molecule has 0 rings (SSSR count). The zero-order chi connectivity index (χ0) is 37.8. The Balaban J connectivity index is 3.59. The van der Waals surface area contributed by atoms with Crippen molar-refractivity contribution in [1.29, 1.82) is 0 Å². The maximum atomic E-state index is 12.2. The lowest BCUT2D eigenvalue weighted by molar-refractivity contribution is -0.161. The van der Waals surface area contributed by atoms with Crippen LogP contribution < -0.4 is 0 Å². The zero-order valence-electron chi connectivity index (χ0n) is 34.3. The van der Waals surface area contributed by atoms with Crippen LogP contribution in [0.4, 0.5) is 0 Å². The van der Waals surface area contributed by atoms with Gasteiger partial charge in [-0.3, -0.25) is 9.59 Å². The average molecular weight is 729 g/mol. The minimum absolute atomic E-state index is 0.0918. The summed E-state index contributed by atoms with van der Waals surface area (Å²) in [5.41, 5.74) is 0. The first-order valence-electron chi connectivity index (χ1n) is 22.2. The van der Waals surface area contributed by atoms with Crippen LogP contribution >= 0.6 is 0 Å². The number of aliphatic hydroxyl groups excluding tert-OH is 1. The molecule has 1 N–H and O–H groups in total. The predicted octanol–water partition coefficient (Wildman–Crippen LogP) is 14.2. The molecule has 0 heterocycles. The smallest absolute Gasteiger partial charge is 0.306 e. The van der Waals surface area contributed by atoms with Crippen molar-refractivity contribution >= 4 is 11.9 Å². The van der Waals surface area contributed by atoms with E-state index in [1.54, 1.807) is 0 Å². The summed E-state index contributed by atoms with van der Waals surface area (Å²) < 4.78 is 10.6. The number of rotatable bonds is 40. The Morgan fingerprint density at radius 1 is 0.442 bits per heavy atom. The fourth-order valence-electron chi connectivity index (χ4n) is 6.21. The fraction of sp³-hybridized carbons (Fsp3) is 0.787. The van der Waals surface area contributed by atoms with E-state index >= 15 is 0 Å². The van der Waals surface area contributed by atoms with Crippen LogP contribution in [-0.2, 0) is 19.1 Å². The molecule has 302 valence electrons. The van der Waals surface area contributed by atoms with Crippen LogP contribution in [0.25, 0.3) is 0 Å². The van der Waals surface area contributed by atoms with Gasteiger partial charge < -0.3 is 14.6 Å². The summed E-state index contributed by atoms with van der Waals surface area (Å²) in [5.74, 6) is -0.649. The maximum absolute atomic E-state index is 12.2. The third-order valence-electron chi connectivity index (χ3n) is 9.60. The van der Waals surface area contributed by atoms with Crippen LogP contribution in [0.15, 0.2) is 48.6 Å². The molecule has 0 aliphatic carbocycles. The Bertz CT molecular complexity index is 873. The topological polar surface area (TPSA) is 72.8 Å². The minimum Gasteiger partial charge on any atom is -0.462 e. The molecule has 0 radical (unpaired) electrons. The van der Waals surface area contributed by atoms with Gasteiger partial charge in [0.2, 0.25) is 0 Å². The van der Waals surface area contributed by atoms with Crippen LogP contribution in [0, 0.1) is 0 Å². The highest BCUT2D eigenvalue weighted by Gasteiger charge is 2.16. The number of allylic oxidation sites excluding steroid dienone is 8. The van der Waals surface area contributed by atoms with E-state index in [4.69, 9.17) is 9.47 Å². The summed E-state index contributed by atoms with van der Waals surface area (Å²) in [4.78, 5) is 24.3. The van der Waals surface area contributed by atoms with Crippen molar-refractivity contribution < 1.29 is 24.2 Å². The molecule has 5 nitrogen and oxygen atoms in total. The van der Waals surface area contributed by atoms with Crippen molar-refractivity contribution in [3.05, 3.63) is 48.6 Å². The fourth-order valence-corrected chi connectivity index (χ4v) is 6.21. The summed E-state index contributed by atoms with van der Waals surface area (Å²) in [6.07, 6.45) is 54.7. The van der Waals surface area contributed by atoms with Crippen molar-refractivity contribution in [3.63, 3.8) is 0 Å². The lowest BCUT2D eigenvalue weighted by Gasteiger charge is -2.15. The van der Waals surface area contributed by atoms with Crippen LogP contribution in [-0.4, -0.2) is 36.4 Å². The van der Waals surface area contributed by atoms with Gasteiger partial charge in [-0.05, 0) is 70.6 Å². The highest BCUT2D eigenvalue weighted by molar-refractivity contribution is 5.70. The van der Waals surface area contributed by atoms with E-state index in [0.717, 1.165) is 38.5 Å². The molecular formula is C47H84O5. The number of carbonyl (C=O) groups is 2. The molecule has 0 fully saturated rings. The van der Waals surface area contributed by atoms with E-state index in [1.165, 1.54) is 148 Å². The van der Waals surface area contributed by atoms with Gasteiger partial charge in [0.1, 0.15) is 6.61 Å². The van der Waals surface area contributed by atoms with E-state index < -0.39 is 6.10 Å². The summed E-state index contributed by atoms with van der Waals surface area (Å²) in [5, 5.41) is 9.58. The Kier molecular flexibility index (Phi) is 41.5. The van der Waals surface area contributed by atoms with Crippen LogP contribution in [0.2, 0.25) is 0 Å². The minimum atomic E-state index is -0.792. The standard InChI is InChI=1S/C47H84O5/c1-3-5-7-9-11-13-15-17-19-21-22-23-24-26-28-30-32-34-36-38-40-42-47(50)52-45(43-48)44-51-46(49)41-39-37-35-33-31-29-27-25-20-18-16-14-12-10-8-6-4-2/h17-20,27,29,33,35,45,48H,3-16,21-26,28,30-32,34,36-44H2,1-2H3. The normalized spacial score (nSPS) is 12.6. The molecule has 0 aromatic rings. The Morgan fingerprint density at radius 3 is 1.23 bits per heavy atom. The van der Waals surface area contributed by atoms with E-state index in [-0.39, 0.29) is 25.2 Å². The Morgan fingerprint density at radius 2 is 0.788 bits per heavy atom. The van der Waals surface area contributed by atoms with Gasteiger partial charge in [-0.25, -0.2) is 0 Å². The lowest BCUT2D eigenvalue weighted by atomic mass is 10.0. The third kappa shape index (κ3) is 40.6. The van der Waals surface area contributed by atoms with Gasteiger partial charge in [0.15, 0.2) is 6.10 Å². The Hall–Kier alpha value is -2.14. The van der Waals surface area contributed by atoms with Gasteiger partial charge in [0.25, 0.3) is 0 Å². The maximum Gasteiger partial charge on any atom is 0.306 e. The molecule has 0 saturated carbocycles. The summed E-state index contributed by atoms with van der Waals surface area (Å²) in [6, 6.07) is 0. The molecule has 0 spiro atoms. The lowest BCUT2D eigenvalue weighted by Crippen LogP contribution is -2.28. The average Bonchev–Trinajstić information content (AvgIpc) is 3.15. The number of carbonyl (C=O) groups excluding carboxylic acids is 2. The molecule has 0 aromatic heterocycles. The molecule has 0 aromatic carbocycles. The van der Waals surface area contributed by atoms with E-state index in [9.17, 15) is 14.7 Å². The van der Waals surface area contributed by atoms with Gasteiger partial charge in [0.05, 0.1) is 6.61 Å². The molecule has 1 atom stereocenters. The second-order valence-corrected chi connectivity index (χ2v) is 14.8. The number of aliphatic hydroxyl groups is 1. The molecule has 0 aliphatic rings. The second-order valence-electron chi connectivity index (χ2n) is 14.8. The molecule has 0 saturated heterocycles. The quantitative estimate of drug-likeness (QED) is 0.0386. The number of unbranched alkanes of at least 4 members (excludes halogenated alkanes) is 24. The van der Waals surface area contributed by atoms with Crippen molar-refractivity contribution in [2.45, 2.75) is 225 Å². The summed E-state index contributed by atoms with van der Waals surface area (Å²) in [6.45, 7) is 4.09. The van der Waals surface area contributed by atoms with E-state index in [1.807, 2.05) is 0 Å². The molecule has 0 amide bonds. The number of hydrogen-bond acceptors (Lipinski definition) is 5. The molecule has 52 heavy (non-hydrogen) atoms. The van der Waals surface area contributed by atoms with Gasteiger partial charge in [-0.2, -0.15) is 0 Å². The number of esters is 2. The first-order chi connectivity index (χ1) is 25.6. The first-order valence-corrected chi connectivity index (χ1v) is 22.2. The molecule has 0 aliphatic heterocycles. The SMILES string of the molecule is CCCCCCCCC=CCC=CCC=CCCCC(=O)OCC(CO)OC(=O)CCCCCCCCCCCCCC=CCCCCCCCC. The number of hydrogen-bond donors (Lipinski definition) is 1. The van der Waals surface area contributed by atoms with Crippen LogP contribution in [0.3, 0.4) is 0 Å². The van der Waals surface area contributed by atoms with E-state index in [2.05, 4.69) is 62.5 Å². The molecule has 0 bridgehead atoms. The van der Waals surface area contributed by atoms with Gasteiger partial charge in [-0.1, -0.05) is 184 Å². The summed E-state index contributed by atoms with van der Waals surface area (Å²) >= 11 is 0. The monoisotopic (exact) mass is 729 g/mol. The third-order valence-corrected chi connectivity index (χ3v) is 9.60. The zero-order valence-corrected chi connectivity index (χ0v) is 34.3. The first kappa shape index (κ1) is 49.9. The molecule has 5 heteroatoms. The van der Waals surface area contributed by atoms with Crippen LogP contribution in [0.5, 0.6) is 0 Å². The van der Waals surface area contributed by atoms with Crippen molar-refractivity contribution in [3.8, 4) is 0 Å². The second kappa shape index (κ2) is 43.3. The Labute approximate surface area is 322 Å². The van der Waals surface area contributed by atoms with Crippen molar-refractivity contribution in [2.24, 2.45) is 0 Å². The van der Waals surface area contributed by atoms with Gasteiger partial charge >= 0.3 is 11.9 Å². The van der Waals surface area contributed by atoms with Crippen molar-refractivity contribution in [1.82, 2.24) is 0 Å². The van der Waals surface area contributed by atoms with E-state index in [0.29, 0.717) is 19.3 Å². The highest BCUT2D eigenvalue weighted by Crippen LogP contribution is 2.14. The van der Waals surface area contributed by atoms with Gasteiger partial charge in [0, 0.05) is 12.8 Å². The van der Waals surface area contributed by atoms with Crippen molar-refractivity contribution in [2.75, 3.05) is 13.2 Å². The predicted molar refractivity (Wildman–Crippen MR) is 224 cm³/mol. The highest BCUT2D eigenvalue weighted by atomic mass is 16.6. The number of ether oxygens (including phenoxy) is 2. The van der Waals surface area contributed by atoms with Crippen LogP contribution in [0.1, 0.15) is 219 Å². The molecular weight excluding hydrogens is 645 g/mol. The van der Waals surface area contributed by atoms with Gasteiger partial charge in [-0.15, -0.1) is 0 Å². The molecule has 1 unspecified atom stereocenters. The largest absolute Gasteiger partial charge is 0.462 e.